The van der Waals surface area contributed by atoms with Crippen LogP contribution in [0, 0.1) is 0 Å². The van der Waals surface area contributed by atoms with Gasteiger partial charge in [-0.05, 0) is 56.1 Å². The van der Waals surface area contributed by atoms with Gasteiger partial charge in [-0.1, -0.05) is 41.4 Å². The molecule has 9 heteroatoms. The second-order valence-corrected chi connectivity index (χ2v) is 10.6. The minimum absolute atomic E-state index is 0.0670. The molecule has 2 N–H and O–H groups in total. The molecule has 0 aromatic heterocycles. The van der Waals surface area contributed by atoms with Crippen molar-refractivity contribution in [3.63, 3.8) is 0 Å². The Morgan fingerprint density at radius 1 is 1.06 bits per heavy atom. The van der Waals surface area contributed by atoms with Crippen LogP contribution in [0.5, 0.6) is 0 Å². The van der Waals surface area contributed by atoms with Crippen molar-refractivity contribution >= 4 is 40.8 Å². The van der Waals surface area contributed by atoms with Crippen LogP contribution in [0.3, 0.4) is 0 Å². The normalized spacial score (nSPS) is 25.3. The Balaban J connectivity index is 1.51. The lowest BCUT2D eigenvalue weighted by atomic mass is 9.81. The summed E-state index contributed by atoms with van der Waals surface area (Å²) in [6.07, 6.45) is 2.91. The number of likely N-dealkylation sites (tertiary alicyclic amines) is 1. The van der Waals surface area contributed by atoms with Crippen LogP contribution in [-0.4, -0.2) is 72.6 Å². The first kappa shape index (κ1) is 24.4. The Bertz CT molecular complexity index is 1120. The Morgan fingerprint density at radius 3 is 2.60 bits per heavy atom. The Hall–Kier alpha value is -2.32. The van der Waals surface area contributed by atoms with Crippen molar-refractivity contribution in [2.75, 3.05) is 45.1 Å². The number of nitrogens with zero attached hydrogens (tertiary/aromatic N) is 3. The molecule has 1 unspecified atom stereocenters. The van der Waals surface area contributed by atoms with Crippen LogP contribution in [0.25, 0.3) is 0 Å². The molecule has 0 bridgehead atoms. The smallest absolute Gasteiger partial charge is 0.318 e. The molecule has 186 valence electrons. The minimum Gasteiger partial charge on any atom is -0.324 e. The maximum atomic E-state index is 13.9. The number of carbonyl (C=O) groups is 2. The van der Waals surface area contributed by atoms with Crippen LogP contribution in [0.2, 0.25) is 10.0 Å². The molecule has 2 aromatic carbocycles. The summed E-state index contributed by atoms with van der Waals surface area (Å²) in [6, 6.07) is 13.1. The van der Waals surface area contributed by atoms with Crippen molar-refractivity contribution in [3.05, 3.63) is 63.6 Å². The molecular formula is C26H31Cl2N5O2. The standard InChI is InChI=1S/C26H31Cl2N5O2/c1-31-11-13-32(14-12-31)25(35)30-23-7-2-3-10-33(23)26(17-18-5-4-6-19(27)15-18)21-9-8-20(28)16-22(21)29-24(26)34/h4-6,8-9,15-16,23H,2-3,7,10-14,17H2,1H3,(H,29,34)(H,30,35)/t23?,26-/m0/s1. The molecule has 2 atom stereocenters. The third kappa shape index (κ3) is 4.75. The highest BCUT2D eigenvalue weighted by atomic mass is 35.5. The largest absolute Gasteiger partial charge is 0.324 e. The first-order chi connectivity index (χ1) is 16.9. The molecule has 0 saturated carbocycles. The molecule has 0 spiro atoms. The number of amides is 3. The van der Waals surface area contributed by atoms with Gasteiger partial charge < -0.3 is 20.4 Å². The van der Waals surface area contributed by atoms with E-state index in [1.807, 2.05) is 41.3 Å². The van der Waals surface area contributed by atoms with Crippen LogP contribution >= 0.6 is 23.2 Å². The first-order valence-electron chi connectivity index (χ1n) is 12.2. The fourth-order valence-electron chi connectivity index (χ4n) is 5.61. The van der Waals surface area contributed by atoms with Gasteiger partial charge in [0.15, 0.2) is 0 Å². The van der Waals surface area contributed by atoms with Crippen LogP contribution in [0.4, 0.5) is 10.5 Å². The van der Waals surface area contributed by atoms with Crippen molar-refractivity contribution in [1.82, 2.24) is 20.0 Å². The van der Waals surface area contributed by atoms with E-state index in [0.717, 1.165) is 49.2 Å². The quantitative estimate of drug-likeness (QED) is 0.641. The van der Waals surface area contributed by atoms with Gasteiger partial charge in [-0.3, -0.25) is 9.69 Å². The van der Waals surface area contributed by atoms with Crippen molar-refractivity contribution in [2.24, 2.45) is 0 Å². The van der Waals surface area contributed by atoms with Gasteiger partial charge in [0.05, 0.1) is 6.17 Å². The summed E-state index contributed by atoms with van der Waals surface area (Å²) in [5.74, 6) is -0.101. The van der Waals surface area contributed by atoms with Gasteiger partial charge in [0.2, 0.25) is 5.91 Å². The van der Waals surface area contributed by atoms with Crippen LogP contribution in [0.15, 0.2) is 42.5 Å². The third-order valence-corrected chi connectivity index (χ3v) is 7.94. The summed E-state index contributed by atoms with van der Waals surface area (Å²) in [7, 11) is 2.07. The average molecular weight is 516 g/mol. The van der Waals surface area contributed by atoms with E-state index in [9.17, 15) is 9.59 Å². The average Bonchev–Trinajstić information content (AvgIpc) is 3.10. The number of rotatable bonds is 4. The zero-order valence-electron chi connectivity index (χ0n) is 19.9. The van der Waals surface area contributed by atoms with E-state index in [1.54, 1.807) is 6.07 Å². The SMILES string of the molecule is CN1CCN(C(=O)NC2CCCCN2[C@]2(Cc3cccc(Cl)c3)C(=O)Nc3cc(Cl)ccc32)CC1. The van der Waals surface area contributed by atoms with Gasteiger partial charge in [-0.25, -0.2) is 4.79 Å². The zero-order chi connectivity index (χ0) is 24.6. The molecule has 3 aliphatic rings. The predicted molar refractivity (Wildman–Crippen MR) is 139 cm³/mol. The fourth-order valence-corrected chi connectivity index (χ4v) is 6.00. The van der Waals surface area contributed by atoms with Crippen molar-refractivity contribution in [1.29, 1.82) is 0 Å². The van der Waals surface area contributed by atoms with E-state index < -0.39 is 5.54 Å². The van der Waals surface area contributed by atoms with Crippen molar-refractivity contribution < 1.29 is 9.59 Å². The summed E-state index contributed by atoms with van der Waals surface area (Å²) >= 11 is 12.6. The summed E-state index contributed by atoms with van der Waals surface area (Å²) in [5, 5.41) is 7.56. The van der Waals surface area contributed by atoms with Gasteiger partial charge in [-0.15, -0.1) is 0 Å². The lowest BCUT2D eigenvalue weighted by Crippen LogP contribution is -2.64. The number of benzene rings is 2. The molecule has 0 radical (unpaired) electrons. The molecule has 2 aromatic rings. The second-order valence-electron chi connectivity index (χ2n) is 9.76. The number of anilines is 1. The van der Waals surface area contributed by atoms with Gasteiger partial charge in [-0.2, -0.15) is 0 Å². The molecule has 0 aliphatic carbocycles. The molecule has 3 heterocycles. The predicted octanol–water partition coefficient (Wildman–Crippen LogP) is 4.15. The van der Waals surface area contributed by atoms with Crippen LogP contribution in [-0.2, 0) is 16.8 Å². The van der Waals surface area contributed by atoms with Gasteiger partial charge in [0.1, 0.15) is 5.54 Å². The molecule has 7 nitrogen and oxygen atoms in total. The highest BCUT2D eigenvalue weighted by molar-refractivity contribution is 6.31. The van der Waals surface area contributed by atoms with E-state index in [-0.39, 0.29) is 18.1 Å². The van der Waals surface area contributed by atoms with Crippen LogP contribution in [0.1, 0.15) is 30.4 Å². The highest BCUT2D eigenvalue weighted by Crippen LogP contribution is 2.46. The number of hydrogen-bond donors (Lipinski definition) is 2. The third-order valence-electron chi connectivity index (χ3n) is 7.47. The van der Waals surface area contributed by atoms with Crippen molar-refractivity contribution in [3.8, 4) is 0 Å². The van der Waals surface area contributed by atoms with Gasteiger partial charge >= 0.3 is 6.03 Å². The number of likely N-dealkylation sites (N-methyl/N-ethyl adjacent to an activating group) is 1. The molecule has 35 heavy (non-hydrogen) atoms. The van der Waals surface area contributed by atoms with Crippen LogP contribution < -0.4 is 10.6 Å². The summed E-state index contributed by atoms with van der Waals surface area (Å²) in [6.45, 7) is 3.81. The second kappa shape index (κ2) is 9.97. The summed E-state index contributed by atoms with van der Waals surface area (Å²) in [5.41, 5.74) is 1.59. The molecular weight excluding hydrogens is 485 g/mol. The minimum atomic E-state index is -0.981. The summed E-state index contributed by atoms with van der Waals surface area (Å²) < 4.78 is 0. The monoisotopic (exact) mass is 515 g/mol. The molecule has 2 fully saturated rings. The van der Waals surface area contributed by atoms with Gasteiger partial charge in [0.25, 0.3) is 0 Å². The van der Waals surface area contributed by atoms with E-state index >= 15 is 0 Å². The fraction of sp³-hybridized carbons (Fsp3) is 0.462. The number of urea groups is 1. The molecule has 3 amide bonds. The number of fused-ring (bicyclic) bond motifs is 1. The number of nitrogens with one attached hydrogen (secondary N) is 2. The first-order valence-corrected chi connectivity index (χ1v) is 13.0. The lowest BCUT2D eigenvalue weighted by molar-refractivity contribution is -0.131. The number of hydrogen-bond acceptors (Lipinski definition) is 4. The number of halogens is 2. The van der Waals surface area contributed by atoms with Gasteiger partial charge in [0, 0.05) is 60.4 Å². The highest BCUT2D eigenvalue weighted by Gasteiger charge is 2.54. The topological polar surface area (TPSA) is 67.9 Å². The van der Waals surface area contributed by atoms with E-state index in [4.69, 9.17) is 23.2 Å². The number of carbonyl (C=O) groups excluding carboxylic acids is 2. The lowest BCUT2D eigenvalue weighted by Gasteiger charge is -2.47. The Labute approximate surface area is 216 Å². The maximum Gasteiger partial charge on any atom is 0.318 e. The van der Waals surface area contributed by atoms with Crippen molar-refractivity contribution in [2.45, 2.75) is 37.4 Å². The van der Waals surface area contributed by atoms with E-state index in [2.05, 4.69) is 27.5 Å². The van der Waals surface area contributed by atoms with E-state index in [1.165, 1.54) is 0 Å². The van der Waals surface area contributed by atoms with E-state index in [0.29, 0.717) is 36.1 Å². The number of piperazine rings is 1. The maximum absolute atomic E-state index is 13.9. The Kier molecular flexibility index (Phi) is 6.95. The molecule has 5 rings (SSSR count). The molecule has 3 aliphatic heterocycles. The zero-order valence-corrected chi connectivity index (χ0v) is 21.4. The summed E-state index contributed by atoms with van der Waals surface area (Å²) in [4.78, 5) is 33.4. The Morgan fingerprint density at radius 2 is 1.83 bits per heavy atom. The number of piperidine rings is 1. The molecule has 2 saturated heterocycles.